The number of alkyl halides is 3. The molecule has 0 spiro atoms. The molecular weight excluding hydrogens is 804 g/mol. The Kier molecular flexibility index (Phi) is 11.8. The van der Waals surface area contributed by atoms with Crippen molar-refractivity contribution in [1.29, 1.82) is 0 Å². The number of aromatic nitrogens is 3. The molecule has 3 N–H and O–H groups in total. The van der Waals surface area contributed by atoms with Crippen LogP contribution in [-0.2, 0) is 35.0 Å². The van der Waals surface area contributed by atoms with Gasteiger partial charge in [-0.1, -0.05) is 22.9 Å². The quantitative estimate of drug-likeness (QED) is 0.136. The summed E-state index contributed by atoms with van der Waals surface area (Å²) < 4.78 is 44.8. The summed E-state index contributed by atoms with van der Waals surface area (Å²) in [7, 11) is 3.98. The number of amides is 3. The molecule has 3 fully saturated rings. The van der Waals surface area contributed by atoms with E-state index in [0.29, 0.717) is 47.5 Å². The largest absolute Gasteiger partial charge is 0.433 e. The van der Waals surface area contributed by atoms with Gasteiger partial charge in [-0.15, -0.1) is 0 Å². The average Bonchev–Trinajstić information content (AvgIpc) is 3.74. The van der Waals surface area contributed by atoms with Crippen molar-refractivity contribution in [3.63, 3.8) is 0 Å². The summed E-state index contributed by atoms with van der Waals surface area (Å²) in [4.78, 5) is 59.4. The normalized spacial score (nSPS) is 22.1. The van der Waals surface area contributed by atoms with Crippen molar-refractivity contribution in [3.05, 3.63) is 87.1 Å². The van der Waals surface area contributed by atoms with Crippen LogP contribution >= 0.6 is 0 Å². The van der Waals surface area contributed by atoms with Crippen molar-refractivity contribution in [3.8, 4) is 0 Å². The molecule has 8 rings (SSSR count). The van der Waals surface area contributed by atoms with E-state index in [-0.39, 0.29) is 23.7 Å². The van der Waals surface area contributed by atoms with Gasteiger partial charge in [0.1, 0.15) is 23.6 Å². The first-order valence-electron chi connectivity index (χ1n) is 21.3. The molecule has 2 aromatic heterocycles. The van der Waals surface area contributed by atoms with Gasteiger partial charge < -0.3 is 15.3 Å². The van der Waals surface area contributed by atoms with Crippen LogP contribution in [0.5, 0.6) is 0 Å². The molecule has 3 amide bonds. The average molecular weight is 857 g/mol. The van der Waals surface area contributed by atoms with Gasteiger partial charge in [-0.2, -0.15) is 13.2 Å². The van der Waals surface area contributed by atoms with Crippen LogP contribution in [-0.4, -0.2) is 96.6 Å². The lowest BCUT2D eigenvalue weighted by atomic mass is 9.82. The number of nitrogens with one attached hydrogen (secondary N) is 2. The van der Waals surface area contributed by atoms with E-state index in [1.54, 1.807) is 43.8 Å². The number of hydrazone groups is 1. The van der Waals surface area contributed by atoms with Gasteiger partial charge in [0, 0.05) is 55.8 Å². The zero-order chi connectivity index (χ0) is 44.1. The van der Waals surface area contributed by atoms with Crippen LogP contribution in [0.3, 0.4) is 0 Å². The van der Waals surface area contributed by atoms with Gasteiger partial charge in [0.15, 0.2) is 6.21 Å². The predicted octanol–water partition coefficient (Wildman–Crippen LogP) is 5.68. The number of likely N-dealkylation sites (tertiary alicyclic amines) is 1. The van der Waals surface area contributed by atoms with Crippen molar-refractivity contribution >= 4 is 52.6 Å². The molecule has 1 aliphatic carbocycles. The van der Waals surface area contributed by atoms with Gasteiger partial charge in [0.05, 0.1) is 22.2 Å². The van der Waals surface area contributed by atoms with E-state index < -0.39 is 41.0 Å². The molecule has 62 heavy (non-hydrogen) atoms. The van der Waals surface area contributed by atoms with Crippen LogP contribution in [0, 0.1) is 11.8 Å². The molecule has 14 nitrogen and oxygen atoms in total. The van der Waals surface area contributed by atoms with E-state index in [1.807, 2.05) is 16.8 Å². The number of nitrogens with zero attached hydrogens (tertiary/aromatic N) is 7. The highest BCUT2D eigenvalue weighted by Gasteiger charge is 2.36. The SMILES string of the molecule is CN(CC1CCC(/C=[N+]2\N=Cc3cc(NC(=O)c4cccc(C(F)(F)F)n4)c(C(C)(C)O)cc32)CC1)C1CCN(Cc2cccc3c2n(C)c(=O)n3C2CCC(=O)NC2=O)CC1. The molecule has 2 saturated heterocycles. The van der Waals surface area contributed by atoms with E-state index in [1.165, 1.54) is 10.6 Å². The van der Waals surface area contributed by atoms with Gasteiger partial charge >= 0.3 is 11.9 Å². The summed E-state index contributed by atoms with van der Waals surface area (Å²) in [5, 5.41) is 20.8. The lowest BCUT2D eigenvalue weighted by molar-refractivity contribution is -0.438. The number of aryl methyl sites for hydroxylation is 1. The molecule has 1 unspecified atom stereocenters. The fourth-order valence-electron chi connectivity index (χ4n) is 9.64. The molecule has 1 atom stereocenters. The monoisotopic (exact) mass is 856 g/mol. The van der Waals surface area contributed by atoms with Gasteiger partial charge in [0.2, 0.25) is 17.5 Å². The number of benzene rings is 2. The standard InChI is InChI=1S/C45H52F3N9O5/c1-44(2,62)32-22-37-30(21-34(32)51-41(59)33-8-6-10-38(50-33)45(46,47)48)23-49-56(37)25-28-13-11-27(12-14-28)24-53(3)31-17-19-55(20-18-31)26-29-7-5-9-35-40(29)54(4)43(61)57(35)36-15-16-39(58)52-42(36)60/h5-10,21-23,25,27-28,31,36,62H,11-20,24,26H2,1-4H3,(H-,51,52,58,59,60)/p+1/b56-25-. The third-order valence-corrected chi connectivity index (χ3v) is 13.0. The number of rotatable bonds is 10. The second kappa shape index (κ2) is 17.0. The van der Waals surface area contributed by atoms with Crippen molar-refractivity contribution in [2.24, 2.45) is 24.0 Å². The first kappa shape index (κ1) is 43.1. The van der Waals surface area contributed by atoms with Crippen LogP contribution in [0.15, 0.2) is 58.4 Å². The number of carbonyl (C=O) groups excluding carboxylic acids is 3. The number of anilines is 1. The van der Waals surface area contributed by atoms with E-state index in [0.717, 1.165) is 87.1 Å². The minimum absolute atomic E-state index is 0.201. The maximum absolute atomic E-state index is 13.4. The Hall–Kier alpha value is -5.52. The third kappa shape index (κ3) is 8.88. The van der Waals surface area contributed by atoms with E-state index in [4.69, 9.17) is 0 Å². The second-order valence-corrected chi connectivity index (χ2v) is 17.8. The molecule has 4 aliphatic rings. The Bertz CT molecular complexity index is 2520. The number of fused-ring (bicyclic) bond motifs is 2. The second-order valence-electron chi connectivity index (χ2n) is 17.8. The highest BCUT2D eigenvalue weighted by atomic mass is 19.4. The number of carbonyl (C=O) groups is 3. The summed E-state index contributed by atoms with van der Waals surface area (Å²) in [6.45, 7) is 6.75. The summed E-state index contributed by atoms with van der Waals surface area (Å²) in [5.74, 6) is -0.704. The number of pyridine rings is 1. The van der Waals surface area contributed by atoms with Crippen LogP contribution in [0.1, 0.15) is 104 Å². The van der Waals surface area contributed by atoms with Gasteiger partial charge in [0.25, 0.3) is 5.91 Å². The van der Waals surface area contributed by atoms with Crippen molar-refractivity contribution in [1.82, 2.24) is 29.2 Å². The van der Waals surface area contributed by atoms with Crippen molar-refractivity contribution < 1.29 is 37.3 Å². The summed E-state index contributed by atoms with van der Waals surface area (Å²) in [5.41, 5.74) is 1.46. The fourth-order valence-corrected chi connectivity index (χ4v) is 9.64. The molecule has 3 aliphatic heterocycles. The highest BCUT2D eigenvalue weighted by Crippen LogP contribution is 2.37. The number of halogens is 3. The number of piperidine rings is 2. The number of imidazole rings is 1. The number of aliphatic hydroxyl groups is 1. The Morgan fingerprint density at radius 1 is 1.02 bits per heavy atom. The Balaban J connectivity index is 0.849. The molecular formula is C45H53F3N9O5+. The third-order valence-electron chi connectivity index (χ3n) is 13.0. The smallest absolute Gasteiger partial charge is 0.386 e. The minimum Gasteiger partial charge on any atom is -0.386 e. The van der Waals surface area contributed by atoms with Gasteiger partial charge in [-0.3, -0.25) is 33.7 Å². The Morgan fingerprint density at radius 2 is 1.74 bits per heavy atom. The topological polar surface area (TPSA) is 157 Å². The van der Waals surface area contributed by atoms with E-state index >= 15 is 0 Å². The van der Waals surface area contributed by atoms with Crippen LogP contribution in [0.2, 0.25) is 0 Å². The Morgan fingerprint density at radius 3 is 2.44 bits per heavy atom. The molecule has 17 heteroatoms. The molecule has 1 saturated carbocycles. The van der Waals surface area contributed by atoms with Crippen LogP contribution in [0.4, 0.5) is 24.5 Å². The maximum Gasteiger partial charge on any atom is 0.433 e. The summed E-state index contributed by atoms with van der Waals surface area (Å²) >= 11 is 0. The molecule has 328 valence electrons. The molecule has 0 bridgehead atoms. The predicted molar refractivity (Wildman–Crippen MR) is 227 cm³/mol. The molecule has 4 aromatic rings. The first-order valence-corrected chi connectivity index (χ1v) is 21.3. The first-order chi connectivity index (χ1) is 29.4. The zero-order valence-electron chi connectivity index (χ0n) is 35.4. The Labute approximate surface area is 357 Å². The minimum atomic E-state index is -4.70. The van der Waals surface area contributed by atoms with Crippen molar-refractivity contribution in [2.75, 3.05) is 32.0 Å². The van der Waals surface area contributed by atoms with E-state index in [2.05, 4.69) is 49.8 Å². The molecule has 5 heterocycles. The van der Waals surface area contributed by atoms with Crippen LogP contribution < -0.4 is 16.3 Å². The van der Waals surface area contributed by atoms with Crippen LogP contribution in [0.25, 0.3) is 11.0 Å². The number of para-hydroxylation sites is 1. The van der Waals surface area contributed by atoms with E-state index in [9.17, 15) is 37.5 Å². The number of imide groups is 1. The molecule has 2 aromatic carbocycles. The highest BCUT2D eigenvalue weighted by molar-refractivity contribution is 6.04. The fraction of sp³-hybridized carbons (Fsp3) is 0.489. The summed E-state index contributed by atoms with van der Waals surface area (Å²) in [6.07, 6.45) is 5.87. The lowest BCUT2D eigenvalue weighted by Crippen LogP contribution is -2.44. The number of hydrogen-bond acceptors (Lipinski definition) is 9. The van der Waals surface area contributed by atoms with Crippen molar-refractivity contribution in [2.45, 2.75) is 95.6 Å². The van der Waals surface area contributed by atoms with Gasteiger partial charge in [-0.25, -0.2) is 9.78 Å². The number of hydrogen-bond donors (Lipinski definition) is 3. The summed E-state index contributed by atoms with van der Waals surface area (Å²) in [6, 6.07) is 12.2. The van der Waals surface area contributed by atoms with Gasteiger partial charge in [-0.05, 0) is 120 Å². The molecule has 0 radical (unpaired) electrons. The lowest BCUT2D eigenvalue weighted by Gasteiger charge is -2.39. The zero-order valence-corrected chi connectivity index (χ0v) is 35.4. The maximum atomic E-state index is 13.4.